The first-order chi connectivity index (χ1) is 18.5. The maximum atomic E-state index is 14.2. The van der Waals surface area contributed by atoms with E-state index < -0.39 is 56.0 Å². The van der Waals surface area contributed by atoms with Gasteiger partial charge in [0.1, 0.15) is 45.3 Å². The number of phenolic OH excluding ortho intramolecular Hbond substituents is 1. The molecule has 0 aromatic heterocycles. The zero-order valence-electron chi connectivity index (χ0n) is 18.9. The van der Waals surface area contributed by atoms with Gasteiger partial charge < -0.3 is 23.9 Å². The van der Waals surface area contributed by atoms with E-state index in [1.54, 1.807) is 51.2 Å². The lowest BCUT2D eigenvalue weighted by molar-refractivity contribution is 0.0445. The maximum Gasteiger partial charge on any atom is 0.343 e. The lowest BCUT2D eigenvalue weighted by Gasteiger charge is -2.15. The number of hydrogen-bond acceptors (Lipinski definition) is 9. The minimum Gasteiger partial charge on any atom is -0.744 e. The normalized spacial score (nSPS) is 11.3. The Bertz CT molecular complexity index is 1600. The zero-order chi connectivity index (χ0) is 30.1. The summed E-state index contributed by atoms with van der Waals surface area (Å²) in [6, 6.07) is 5.42. The predicted molar refractivity (Wildman–Crippen MR) is 160 cm³/mol. The maximum absolute atomic E-state index is 14.2. The van der Waals surface area contributed by atoms with Gasteiger partial charge in [0.15, 0.2) is 11.6 Å². The zero-order valence-corrected chi connectivity index (χ0v) is 28.3. The van der Waals surface area contributed by atoms with E-state index in [-0.39, 0.29) is 43.0 Å². The number of esters is 2. The largest absolute Gasteiger partial charge is 0.744 e. The summed E-state index contributed by atoms with van der Waals surface area (Å²) >= 11 is 7.34. The molecule has 0 atom stereocenters. The highest BCUT2D eigenvalue weighted by atomic mass is 127. The van der Waals surface area contributed by atoms with Gasteiger partial charge in [-0.3, -0.25) is 0 Å². The Kier molecular flexibility index (Phi) is 11.1. The Labute approximate surface area is 277 Å². The SMILES string of the molecule is O=C(Oc1c(F)c(F)c(S(=O)(=O)[O-])c(F)c1F)c1cc(I)c(OCCOC(=O)c2cc(I)cc(I)c2O)c(I)c1. The lowest BCUT2D eigenvalue weighted by atomic mass is 10.2. The van der Waals surface area contributed by atoms with Gasteiger partial charge in [-0.1, -0.05) is 0 Å². The molecule has 0 saturated carbocycles. The predicted octanol–water partition coefficient (Wildman–Crippen LogP) is 5.73. The summed E-state index contributed by atoms with van der Waals surface area (Å²) in [6.07, 6.45) is 0. The molecule has 0 bridgehead atoms. The van der Waals surface area contributed by atoms with Gasteiger partial charge in [0.2, 0.25) is 17.4 Å². The average molecular weight is 1030 g/mol. The van der Waals surface area contributed by atoms with Gasteiger partial charge >= 0.3 is 11.9 Å². The number of hydrogen-bond donors (Lipinski definition) is 1. The number of carbonyl (C=O) groups is 2. The molecule has 0 unspecified atom stereocenters. The van der Waals surface area contributed by atoms with Gasteiger partial charge in [0.05, 0.1) is 16.3 Å². The van der Waals surface area contributed by atoms with E-state index in [1.807, 2.05) is 45.2 Å². The minimum absolute atomic E-state index is 0.0275. The van der Waals surface area contributed by atoms with Crippen molar-refractivity contribution < 1.29 is 59.4 Å². The molecule has 0 fully saturated rings. The molecular formula is C22H9F4I4O9S-. The molecular weight excluding hydrogens is 1020 g/mol. The third kappa shape index (κ3) is 7.38. The highest BCUT2D eigenvalue weighted by molar-refractivity contribution is 14.1. The van der Waals surface area contributed by atoms with E-state index in [0.29, 0.717) is 7.14 Å². The van der Waals surface area contributed by atoms with Gasteiger partial charge in [-0.2, -0.15) is 8.78 Å². The van der Waals surface area contributed by atoms with Gasteiger partial charge in [0, 0.05) is 3.57 Å². The van der Waals surface area contributed by atoms with Gasteiger partial charge in [-0.15, -0.1) is 0 Å². The Morgan fingerprint density at radius 3 is 1.88 bits per heavy atom. The summed E-state index contributed by atoms with van der Waals surface area (Å²) in [5.41, 5.74) is -0.364. The number of phenols is 1. The van der Waals surface area contributed by atoms with Crippen LogP contribution in [-0.4, -0.2) is 43.2 Å². The van der Waals surface area contributed by atoms with Crippen LogP contribution in [0.3, 0.4) is 0 Å². The third-order valence-electron chi connectivity index (χ3n) is 4.67. The molecule has 0 heterocycles. The molecule has 0 spiro atoms. The van der Waals surface area contributed by atoms with Crippen LogP contribution >= 0.6 is 90.4 Å². The van der Waals surface area contributed by atoms with Crippen molar-refractivity contribution in [1.29, 1.82) is 0 Å². The van der Waals surface area contributed by atoms with Crippen molar-refractivity contribution in [2.75, 3.05) is 13.2 Å². The van der Waals surface area contributed by atoms with E-state index >= 15 is 0 Å². The number of ether oxygens (including phenoxy) is 3. The number of rotatable bonds is 8. The van der Waals surface area contributed by atoms with Crippen molar-refractivity contribution >= 4 is 112 Å². The van der Waals surface area contributed by atoms with E-state index in [4.69, 9.17) is 9.47 Å². The standard InChI is InChI=1S/C22H10F4I4O9S/c23-13-15(25)20(40(34,35)36)16(26)14(24)19(13)39-21(32)7-3-11(29)18(12(30)4-7)37-1-2-38-22(33)9-5-8(27)6-10(28)17(9)31/h3-6,31H,1-2H2,(H,34,35,36)/p-1. The minimum atomic E-state index is -5.93. The van der Waals surface area contributed by atoms with Crippen LogP contribution in [-0.2, 0) is 14.9 Å². The molecule has 1 N–H and O–H groups in total. The first kappa shape index (κ1) is 33.3. The van der Waals surface area contributed by atoms with E-state index in [9.17, 15) is 45.2 Å². The summed E-state index contributed by atoms with van der Waals surface area (Å²) in [5.74, 6) is -14.0. The fourth-order valence-corrected chi connectivity index (χ4v) is 7.49. The monoisotopic (exact) mass is 1030 g/mol. The van der Waals surface area contributed by atoms with Crippen molar-refractivity contribution in [2.24, 2.45) is 0 Å². The number of benzene rings is 3. The van der Waals surface area contributed by atoms with Crippen molar-refractivity contribution in [1.82, 2.24) is 0 Å². The number of halogens is 8. The van der Waals surface area contributed by atoms with Crippen LogP contribution in [0.2, 0.25) is 0 Å². The molecule has 0 amide bonds. The highest BCUT2D eigenvalue weighted by Crippen LogP contribution is 2.34. The smallest absolute Gasteiger partial charge is 0.343 e. The Hall–Kier alpha value is -1.25. The van der Waals surface area contributed by atoms with Gasteiger partial charge in [-0.05, 0) is 115 Å². The summed E-state index contributed by atoms with van der Waals surface area (Å²) in [4.78, 5) is 22.4. The fraction of sp³-hybridized carbons (Fsp3) is 0.0909. The molecule has 0 aliphatic rings. The van der Waals surface area contributed by atoms with Gasteiger partial charge in [-0.25, -0.2) is 26.8 Å². The van der Waals surface area contributed by atoms with Crippen LogP contribution in [0.5, 0.6) is 17.2 Å². The average Bonchev–Trinajstić information content (AvgIpc) is 2.85. The van der Waals surface area contributed by atoms with Gasteiger partial charge in [0.25, 0.3) is 0 Å². The van der Waals surface area contributed by atoms with Crippen LogP contribution < -0.4 is 9.47 Å². The first-order valence-electron chi connectivity index (χ1n) is 10.1. The molecule has 9 nitrogen and oxygen atoms in total. The second-order valence-corrected chi connectivity index (χ2v) is 13.3. The van der Waals surface area contributed by atoms with Crippen LogP contribution in [0, 0.1) is 37.5 Å². The molecule has 0 aliphatic carbocycles. The van der Waals surface area contributed by atoms with Crippen molar-refractivity contribution in [2.45, 2.75) is 4.90 Å². The quantitative estimate of drug-likeness (QED) is 0.0571. The van der Waals surface area contributed by atoms with Crippen molar-refractivity contribution in [3.05, 3.63) is 72.9 Å². The Balaban J connectivity index is 1.72. The number of carbonyl (C=O) groups excluding carboxylic acids is 2. The fourth-order valence-electron chi connectivity index (χ4n) is 2.95. The molecule has 214 valence electrons. The first-order valence-corrected chi connectivity index (χ1v) is 15.8. The van der Waals surface area contributed by atoms with Crippen molar-refractivity contribution in [3.63, 3.8) is 0 Å². The summed E-state index contributed by atoms with van der Waals surface area (Å²) < 4.78 is 106. The summed E-state index contributed by atoms with van der Waals surface area (Å²) in [6.45, 7) is -0.367. The Morgan fingerprint density at radius 2 is 1.35 bits per heavy atom. The molecule has 18 heteroatoms. The Morgan fingerprint density at radius 1 is 0.800 bits per heavy atom. The highest BCUT2D eigenvalue weighted by Gasteiger charge is 2.31. The van der Waals surface area contributed by atoms with Crippen LogP contribution in [0.25, 0.3) is 0 Å². The molecule has 3 rings (SSSR count). The lowest BCUT2D eigenvalue weighted by Crippen LogP contribution is -2.17. The summed E-state index contributed by atoms with van der Waals surface area (Å²) in [5, 5.41) is 10.1. The second-order valence-electron chi connectivity index (χ2n) is 7.29. The van der Waals surface area contributed by atoms with Crippen LogP contribution in [0.4, 0.5) is 17.6 Å². The van der Waals surface area contributed by atoms with Crippen LogP contribution in [0.1, 0.15) is 20.7 Å². The second kappa shape index (κ2) is 13.4. The molecule has 0 radical (unpaired) electrons. The molecule has 3 aromatic carbocycles. The van der Waals surface area contributed by atoms with Crippen LogP contribution in [0.15, 0.2) is 29.2 Å². The van der Waals surface area contributed by atoms with E-state index in [2.05, 4.69) is 4.74 Å². The van der Waals surface area contributed by atoms with E-state index in [1.165, 1.54) is 6.07 Å². The van der Waals surface area contributed by atoms with E-state index in [0.717, 1.165) is 12.1 Å². The number of aromatic hydroxyl groups is 1. The molecule has 3 aromatic rings. The van der Waals surface area contributed by atoms with Crippen molar-refractivity contribution in [3.8, 4) is 17.2 Å². The molecule has 0 saturated heterocycles. The topological polar surface area (TPSA) is 139 Å². The summed E-state index contributed by atoms with van der Waals surface area (Å²) in [7, 11) is -5.93. The molecule has 40 heavy (non-hydrogen) atoms. The molecule has 0 aliphatic heterocycles. The third-order valence-corrected chi connectivity index (χ3v) is 8.58.